The summed E-state index contributed by atoms with van der Waals surface area (Å²) in [6, 6.07) is 11.7. The Morgan fingerprint density at radius 3 is 2.96 bits per heavy atom. The van der Waals surface area contributed by atoms with Gasteiger partial charge in [0.1, 0.15) is 16.9 Å². The summed E-state index contributed by atoms with van der Waals surface area (Å²) in [5.74, 6) is -0.164. The van der Waals surface area contributed by atoms with Crippen LogP contribution in [0.2, 0.25) is 0 Å². The molecule has 1 amide bonds. The molecule has 7 nitrogen and oxygen atoms in total. The molecule has 130 valence electrons. The summed E-state index contributed by atoms with van der Waals surface area (Å²) >= 11 is 2.25. The van der Waals surface area contributed by atoms with Crippen molar-refractivity contribution < 1.29 is 9.18 Å². The highest BCUT2D eigenvalue weighted by atomic mass is 32.2. The van der Waals surface area contributed by atoms with Crippen molar-refractivity contribution >= 4 is 46.1 Å². The third-order valence-corrected chi connectivity index (χ3v) is 4.88. The van der Waals surface area contributed by atoms with Crippen LogP contribution in [0.25, 0.3) is 22.4 Å². The van der Waals surface area contributed by atoms with Gasteiger partial charge in [-0.3, -0.25) is 9.89 Å². The minimum absolute atomic E-state index is 0.114. The monoisotopic (exact) mass is 386 g/mol. The number of fused-ring (bicyclic) bond motifs is 1. The van der Waals surface area contributed by atoms with Crippen LogP contribution >= 0.6 is 23.5 Å². The normalized spacial score (nSPS) is 11.0. The minimum Gasteiger partial charge on any atom is -0.323 e. The average molecular weight is 386 g/mol. The number of anilines is 1. The van der Waals surface area contributed by atoms with Crippen LogP contribution in [0.5, 0.6) is 0 Å². The Morgan fingerprint density at radius 1 is 1.19 bits per heavy atom. The van der Waals surface area contributed by atoms with E-state index in [-0.39, 0.29) is 17.5 Å². The number of rotatable bonds is 5. The van der Waals surface area contributed by atoms with E-state index >= 15 is 0 Å². The summed E-state index contributed by atoms with van der Waals surface area (Å²) in [5.41, 5.74) is 2.35. The fraction of sp³-hybridized carbons (Fsp3) is 0.0625. The van der Waals surface area contributed by atoms with Gasteiger partial charge in [-0.25, -0.2) is 9.37 Å². The summed E-state index contributed by atoms with van der Waals surface area (Å²) < 4.78 is 22.1. The van der Waals surface area contributed by atoms with E-state index in [0.29, 0.717) is 27.7 Å². The molecule has 2 aromatic heterocycles. The lowest BCUT2D eigenvalue weighted by Gasteiger charge is -2.04. The Hall–Kier alpha value is -2.85. The van der Waals surface area contributed by atoms with Crippen LogP contribution in [0.1, 0.15) is 0 Å². The zero-order valence-corrected chi connectivity index (χ0v) is 14.8. The molecule has 0 spiro atoms. The topological polar surface area (TPSA) is 96.5 Å². The molecule has 2 heterocycles. The summed E-state index contributed by atoms with van der Waals surface area (Å²) in [7, 11) is 0. The van der Waals surface area contributed by atoms with E-state index in [4.69, 9.17) is 0 Å². The number of nitrogens with one attached hydrogen (secondary N) is 2. The standard InChI is InChI=1S/C16H11FN6OS2/c17-10-5-2-1-4-9(10)15-19-16(21-20-15)25-8-13(24)18-11-6-3-7-12-14(11)23-26-22-12/h1-7H,8H2,(H,18,24)(H,19,20,21). The summed E-state index contributed by atoms with van der Waals surface area (Å²) in [6.45, 7) is 0. The predicted octanol–water partition coefficient (Wildman–Crippen LogP) is 3.35. The lowest BCUT2D eigenvalue weighted by Crippen LogP contribution is -2.14. The van der Waals surface area contributed by atoms with Crippen molar-refractivity contribution in [3.63, 3.8) is 0 Å². The van der Waals surface area contributed by atoms with Gasteiger partial charge in [-0.2, -0.15) is 8.75 Å². The van der Waals surface area contributed by atoms with Crippen LogP contribution in [-0.2, 0) is 4.79 Å². The number of hydrogen-bond acceptors (Lipinski definition) is 7. The van der Waals surface area contributed by atoms with Crippen LogP contribution in [0, 0.1) is 5.82 Å². The Kier molecular flexibility index (Phi) is 4.59. The Bertz CT molecular complexity index is 1080. The van der Waals surface area contributed by atoms with Gasteiger partial charge in [0.2, 0.25) is 11.1 Å². The fourth-order valence-corrected chi connectivity index (χ4v) is 3.46. The lowest BCUT2D eigenvalue weighted by atomic mass is 10.2. The molecule has 0 aliphatic heterocycles. The molecule has 4 aromatic rings. The first-order valence-corrected chi connectivity index (χ1v) is 9.23. The van der Waals surface area contributed by atoms with Crippen molar-refractivity contribution in [3.05, 3.63) is 48.3 Å². The van der Waals surface area contributed by atoms with Gasteiger partial charge in [0, 0.05) is 0 Å². The number of hydrogen-bond donors (Lipinski definition) is 2. The molecule has 0 bridgehead atoms. The van der Waals surface area contributed by atoms with Crippen LogP contribution in [0.4, 0.5) is 10.1 Å². The van der Waals surface area contributed by atoms with Gasteiger partial charge in [-0.1, -0.05) is 30.0 Å². The quantitative estimate of drug-likeness (QED) is 0.511. The second-order valence-corrected chi connectivity index (χ2v) is 6.69. The van der Waals surface area contributed by atoms with Gasteiger partial charge in [0.25, 0.3) is 0 Å². The Labute approximate surface area is 155 Å². The largest absolute Gasteiger partial charge is 0.323 e. The maximum Gasteiger partial charge on any atom is 0.234 e. The van der Waals surface area contributed by atoms with E-state index < -0.39 is 0 Å². The molecule has 0 aliphatic rings. The van der Waals surface area contributed by atoms with Gasteiger partial charge >= 0.3 is 0 Å². The summed E-state index contributed by atoms with van der Waals surface area (Å²) in [6.07, 6.45) is 0. The van der Waals surface area contributed by atoms with Crippen molar-refractivity contribution in [3.8, 4) is 11.4 Å². The molecule has 0 aliphatic carbocycles. The van der Waals surface area contributed by atoms with Crippen LogP contribution in [-0.4, -0.2) is 35.6 Å². The molecule has 2 N–H and O–H groups in total. The second kappa shape index (κ2) is 7.18. The Balaban J connectivity index is 1.41. The highest BCUT2D eigenvalue weighted by molar-refractivity contribution is 7.99. The third-order valence-electron chi connectivity index (χ3n) is 3.49. The number of amides is 1. The van der Waals surface area contributed by atoms with Gasteiger partial charge in [-0.05, 0) is 24.3 Å². The van der Waals surface area contributed by atoms with Gasteiger partial charge in [0.05, 0.1) is 28.7 Å². The molecule has 0 unspecified atom stereocenters. The average Bonchev–Trinajstić information content (AvgIpc) is 3.30. The zero-order valence-electron chi connectivity index (χ0n) is 13.1. The number of aromatic nitrogens is 5. The summed E-state index contributed by atoms with van der Waals surface area (Å²) in [5, 5.41) is 9.88. The first kappa shape index (κ1) is 16.6. The highest BCUT2D eigenvalue weighted by Crippen LogP contribution is 2.23. The molecule has 0 radical (unpaired) electrons. The SMILES string of the molecule is O=C(CSc1n[nH]c(-c2ccccc2F)n1)Nc1cccc2nsnc12. The number of nitrogens with zero attached hydrogens (tertiary/aromatic N) is 4. The molecule has 26 heavy (non-hydrogen) atoms. The maximum atomic E-state index is 13.8. The fourth-order valence-electron chi connectivity index (χ4n) is 2.31. The van der Waals surface area contributed by atoms with Crippen LogP contribution in [0.3, 0.4) is 0 Å². The number of halogens is 1. The number of carbonyl (C=O) groups is 1. The van der Waals surface area contributed by atoms with Crippen molar-refractivity contribution in [1.82, 2.24) is 23.9 Å². The van der Waals surface area contributed by atoms with Crippen LogP contribution < -0.4 is 5.32 Å². The van der Waals surface area contributed by atoms with E-state index in [1.165, 1.54) is 6.07 Å². The highest BCUT2D eigenvalue weighted by Gasteiger charge is 2.13. The number of thioether (sulfide) groups is 1. The van der Waals surface area contributed by atoms with E-state index in [1.807, 2.05) is 12.1 Å². The molecule has 10 heteroatoms. The number of H-pyrrole nitrogens is 1. The first-order valence-electron chi connectivity index (χ1n) is 7.52. The van der Waals surface area contributed by atoms with E-state index in [9.17, 15) is 9.18 Å². The predicted molar refractivity (Wildman–Crippen MR) is 98.5 cm³/mol. The van der Waals surface area contributed by atoms with E-state index in [2.05, 4.69) is 29.2 Å². The Morgan fingerprint density at radius 2 is 2.08 bits per heavy atom. The minimum atomic E-state index is -0.386. The molecule has 0 saturated heterocycles. The number of aromatic amines is 1. The van der Waals surface area contributed by atoms with Crippen molar-refractivity contribution in [2.75, 3.05) is 11.1 Å². The summed E-state index contributed by atoms with van der Waals surface area (Å²) in [4.78, 5) is 16.4. The smallest absolute Gasteiger partial charge is 0.234 e. The van der Waals surface area contributed by atoms with Gasteiger partial charge in [0.15, 0.2) is 5.82 Å². The second-order valence-electron chi connectivity index (χ2n) is 5.22. The van der Waals surface area contributed by atoms with Gasteiger partial charge in [-0.15, -0.1) is 5.10 Å². The number of benzene rings is 2. The van der Waals surface area contributed by atoms with Crippen molar-refractivity contribution in [1.29, 1.82) is 0 Å². The van der Waals surface area contributed by atoms with E-state index in [0.717, 1.165) is 29.0 Å². The molecular formula is C16H11FN6OS2. The molecular weight excluding hydrogens is 375 g/mol. The van der Waals surface area contributed by atoms with Crippen molar-refractivity contribution in [2.24, 2.45) is 0 Å². The van der Waals surface area contributed by atoms with Crippen LogP contribution in [0.15, 0.2) is 47.6 Å². The van der Waals surface area contributed by atoms with Gasteiger partial charge < -0.3 is 5.32 Å². The molecule has 0 atom stereocenters. The maximum absolute atomic E-state index is 13.8. The number of carbonyl (C=O) groups excluding carboxylic acids is 1. The molecule has 0 saturated carbocycles. The van der Waals surface area contributed by atoms with E-state index in [1.54, 1.807) is 24.3 Å². The van der Waals surface area contributed by atoms with Crippen molar-refractivity contribution in [2.45, 2.75) is 5.16 Å². The lowest BCUT2D eigenvalue weighted by molar-refractivity contribution is -0.113. The third kappa shape index (κ3) is 3.41. The zero-order chi connectivity index (χ0) is 17.9. The first-order chi connectivity index (χ1) is 12.7. The molecule has 4 rings (SSSR count). The molecule has 2 aromatic carbocycles. The molecule has 0 fully saturated rings.